The number of anilines is 1. The van der Waals surface area contributed by atoms with E-state index in [1.54, 1.807) is 30.3 Å². The summed E-state index contributed by atoms with van der Waals surface area (Å²) in [5.74, 6) is -1.35. The third-order valence-electron chi connectivity index (χ3n) is 3.84. The summed E-state index contributed by atoms with van der Waals surface area (Å²) in [6.07, 6.45) is 1.48. The lowest BCUT2D eigenvalue weighted by Crippen LogP contribution is -2.35. The van der Waals surface area contributed by atoms with Gasteiger partial charge in [0.1, 0.15) is 11.5 Å². The van der Waals surface area contributed by atoms with Gasteiger partial charge in [-0.2, -0.15) is 5.10 Å². The van der Waals surface area contributed by atoms with Crippen LogP contribution in [0.3, 0.4) is 0 Å². The van der Waals surface area contributed by atoms with Crippen molar-refractivity contribution in [1.82, 2.24) is 14.7 Å². The van der Waals surface area contributed by atoms with Crippen LogP contribution in [0.4, 0.5) is 10.1 Å². The molecule has 28 heavy (non-hydrogen) atoms. The SMILES string of the molecule is CN(CC(=O)Nc1ccc(Cl)c(Cl)c1)C(=O)c1ccn(-c2ccccc2F)n1. The average Bonchev–Trinajstić information content (AvgIpc) is 3.14. The van der Waals surface area contributed by atoms with E-state index >= 15 is 0 Å². The van der Waals surface area contributed by atoms with Crippen LogP contribution >= 0.6 is 23.2 Å². The minimum atomic E-state index is -0.473. The van der Waals surface area contributed by atoms with Crippen molar-refractivity contribution in [3.63, 3.8) is 0 Å². The quantitative estimate of drug-likeness (QED) is 0.677. The maximum Gasteiger partial charge on any atom is 0.274 e. The first-order chi connectivity index (χ1) is 13.3. The molecule has 9 heteroatoms. The molecule has 0 saturated carbocycles. The van der Waals surface area contributed by atoms with Gasteiger partial charge in [0.15, 0.2) is 5.69 Å². The van der Waals surface area contributed by atoms with Crippen molar-refractivity contribution >= 4 is 40.7 Å². The largest absolute Gasteiger partial charge is 0.331 e. The lowest BCUT2D eigenvalue weighted by molar-refractivity contribution is -0.116. The lowest BCUT2D eigenvalue weighted by atomic mass is 10.3. The molecule has 144 valence electrons. The molecule has 3 rings (SSSR count). The number of hydrogen-bond donors (Lipinski definition) is 1. The van der Waals surface area contributed by atoms with Gasteiger partial charge in [0.2, 0.25) is 5.91 Å². The third kappa shape index (κ3) is 4.49. The molecular weight excluding hydrogens is 406 g/mol. The molecule has 2 aromatic carbocycles. The van der Waals surface area contributed by atoms with E-state index in [4.69, 9.17) is 23.2 Å². The van der Waals surface area contributed by atoms with Crippen LogP contribution in [0.1, 0.15) is 10.5 Å². The Morgan fingerprint density at radius 3 is 2.61 bits per heavy atom. The van der Waals surface area contributed by atoms with E-state index in [1.807, 2.05) is 0 Å². The number of nitrogens with zero attached hydrogens (tertiary/aromatic N) is 3. The Labute approximate surface area is 170 Å². The second-order valence-corrected chi connectivity index (χ2v) is 6.75. The summed E-state index contributed by atoms with van der Waals surface area (Å²) in [4.78, 5) is 25.9. The number of para-hydroxylation sites is 1. The van der Waals surface area contributed by atoms with Crippen molar-refractivity contribution in [3.05, 3.63) is 76.3 Å². The second kappa shape index (κ2) is 8.41. The Balaban J connectivity index is 1.65. The number of hydrogen-bond acceptors (Lipinski definition) is 3. The van der Waals surface area contributed by atoms with Crippen LogP contribution in [0.25, 0.3) is 5.69 Å². The molecule has 0 aliphatic rings. The summed E-state index contributed by atoms with van der Waals surface area (Å²) in [6, 6.07) is 12.2. The Hall–Kier alpha value is -2.90. The fourth-order valence-corrected chi connectivity index (χ4v) is 2.76. The molecule has 0 fully saturated rings. The first-order valence-electron chi connectivity index (χ1n) is 8.16. The van der Waals surface area contributed by atoms with Gasteiger partial charge in [-0.25, -0.2) is 9.07 Å². The van der Waals surface area contributed by atoms with Crippen LogP contribution in [0.5, 0.6) is 0 Å². The fourth-order valence-electron chi connectivity index (χ4n) is 2.47. The van der Waals surface area contributed by atoms with Crippen LogP contribution in [0.15, 0.2) is 54.7 Å². The van der Waals surface area contributed by atoms with Gasteiger partial charge in [-0.05, 0) is 36.4 Å². The van der Waals surface area contributed by atoms with Crippen molar-refractivity contribution in [3.8, 4) is 5.69 Å². The van der Waals surface area contributed by atoms with Gasteiger partial charge >= 0.3 is 0 Å². The highest BCUT2D eigenvalue weighted by Crippen LogP contribution is 2.25. The van der Waals surface area contributed by atoms with Gasteiger partial charge in [0.25, 0.3) is 5.91 Å². The smallest absolute Gasteiger partial charge is 0.274 e. The van der Waals surface area contributed by atoms with Gasteiger partial charge in [0, 0.05) is 18.9 Å². The number of rotatable bonds is 5. The van der Waals surface area contributed by atoms with Gasteiger partial charge < -0.3 is 10.2 Å². The van der Waals surface area contributed by atoms with E-state index in [0.717, 1.165) is 0 Å². The summed E-state index contributed by atoms with van der Waals surface area (Å²) >= 11 is 11.7. The summed E-state index contributed by atoms with van der Waals surface area (Å²) in [5.41, 5.74) is 0.777. The fraction of sp³-hybridized carbons (Fsp3) is 0.105. The number of likely N-dealkylation sites (N-methyl/N-ethyl adjacent to an activating group) is 1. The molecule has 2 amide bonds. The lowest BCUT2D eigenvalue weighted by Gasteiger charge is -2.15. The summed E-state index contributed by atoms with van der Waals surface area (Å²) in [6.45, 7) is -0.203. The maximum atomic E-state index is 13.8. The zero-order valence-corrected chi connectivity index (χ0v) is 16.2. The first kappa shape index (κ1) is 19.9. The van der Waals surface area contributed by atoms with Crippen molar-refractivity contribution in [2.75, 3.05) is 18.9 Å². The molecule has 1 aromatic heterocycles. The predicted octanol–water partition coefficient (Wildman–Crippen LogP) is 4.03. The van der Waals surface area contributed by atoms with Crippen LogP contribution in [-0.4, -0.2) is 40.1 Å². The van der Waals surface area contributed by atoms with E-state index in [1.165, 1.54) is 41.0 Å². The molecule has 0 saturated heterocycles. The van der Waals surface area contributed by atoms with E-state index in [9.17, 15) is 14.0 Å². The molecule has 1 heterocycles. The molecule has 6 nitrogen and oxygen atoms in total. The molecule has 0 aliphatic heterocycles. The average molecular weight is 421 g/mol. The molecular formula is C19H15Cl2FN4O2. The van der Waals surface area contributed by atoms with Crippen molar-refractivity contribution in [1.29, 1.82) is 0 Å². The van der Waals surface area contributed by atoms with E-state index < -0.39 is 17.6 Å². The highest BCUT2D eigenvalue weighted by atomic mass is 35.5. The highest BCUT2D eigenvalue weighted by molar-refractivity contribution is 6.42. The number of amides is 2. The highest BCUT2D eigenvalue weighted by Gasteiger charge is 2.18. The first-order valence-corrected chi connectivity index (χ1v) is 8.91. The van der Waals surface area contributed by atoms with Gasteiger partial charge in [-0.1, -0.05) is 35.3 Å². The monoisotopic (exact) mass is 420 g/mol. The van der Waals surface area contributed by atoms with Crippen molar-refractivity contribution in [2.45, 2.75) is 0 Å². The molecule has 0 radical (unpaired) electrons. The molecule has 0 aliphatic carbocycles. The third-order valence-corrected chi connectivity index (χ3v) is 4.58. The van der Waals surface area contributed by atoms with E-state index in [0.29, 0.717) is 15.7 Å². The minimum absolute atomic E-state index is 0.0908. The Kier molecular flexibility index (Phi) is 5.96. The molecule has 0 atom stereocenters. The van der Waals surface area contributed by atoms with E-state index in [2.05, 4.69) is 10.4 Å². The van der Waals surface area contributed by atoms with Crippen LogP contribution < -0.4 is 5.32 Å². The van der Waals surface area contributed by atoms with Crippen LogP contribution in [0, 0.1) is 5.82 Å². The molecule has 0 unspecified atom stereocenters. The molecule has 3 aromatic rings. The second-order valence-electron chi connectivity index (χ2n) is 5.94. The van der Waals surface area contributed by atoms with Gasteiger partial charge in [0.05, 0.1) is 16.6 Å². The maximum absolute atomic E-state index is 13.8. The molecule has 0 bridgehead atoms. The standard InChI is InChI=1S/C19H15Cl2FN4O2/c1-25(11-18(27)23-12-6-7-13(20)14(21)10-12)19(28)16-8-9-26(24-16)17-5-3-2-4-15(17)22/h2-10H,11H2,1H3,(H,23,27). The Morgan fingerprint density at radius 1 is 1.14 bits per heavy atom. The zero-order valence-electron chi connectivity index (χ0n) is 14.7. The van der Waals surface area contributed by atoms with Crippen molar-refractivity contribution < 1.29 is 14.0 Å². The van der Waals surface area contributed by atoms with Gasteiger partial charge in [-0.15, -0.1) is 0 Å². The Bertz CT molecular complexity index is 1040. The summed E-state index contributed by atoms with van der Waals surface area (Å²) < 4.78 is 15.1. The number of halogens is 3. The number of carbonyl (C=O) groups is 2. The number of carbonyl (C=O) groups excluding carboxylic acids is 2. The Morgan fingerprint density at radius 2 is 1.89 bits per heavy atom. The summed E-state index contributed by atoms with van der Waals surface area (Å²) in [5, 5.41) is 7.41. The zero-order chi connectivity index (χ0) is 20.3. The topological polar surface area (TPSA) is 67.2 Å². The van der Waals surface area contributed by atoms with Crippen LogP contribution in [-0.2, 0) is 4.79 Å². The summed E-state index contributed by atoms with van der Waals surface area (Å²) in [7, 11) is 1.47. The number of benzene rings is 2. The molecule has 1 N–H and O–H groups in total. The number of aromatic nitrogens is 2. The van der Waals surface area contributed by atoms with Gasteiger partial charge in [-0.3, -0.25) is 9.59 Å². The normalized spacial score (nSPS) is 10.6. The number of nitrogens with one attached hydrogen (secondary N) is 1. The minimum Gasteiger partial charge on any atom is -0.331 e. The van der Waals surface area contributed by atoms with E-state index in [-0.39, 0.29) is 17.9 Å². The van der Waals surface area contributed by atoms with Crippen molar-refractivity contribution in [2.24, 2.45) is 0 Å². The van der Waals surface area contributed by atoms with Crippen LogP contribution in [0.2, 0.25) is 10.0 Å². The predicted molar refractivity (Wildman–Crippen MR) is 106 cm³/mol. The molecule has 0 spiro atoms.